The van der Waals surface area contributed by atoms with Crippen LogP contribution in [0.15, 0.2) is 59.5 Å². The number of carbonyl (C=O) groups excluding carboxylic acids is 1. The highest BCUT2D eigenvalue weighted by atomic mass is 16.2. The standard InChI is InChI=1S/C21H24N4O2/c1-15-8-10-16(11-9-15)19(24(2)3)20(26)22-12-13-25-21(27)18-7-5-4-6-17(18)14-23-25/h4-11,14,19H,12-13H2,1-3H3,(H,22,26)/t19-/m1/s1. The van der Waals surface area contributed by atoms with Crippen molar-refractivity contribution >= 4 is 16.7 Å². The molecule has 1 amide bonds. The molecule has 0 saturated heterocycles. The van der Waals surface area contributed by atoms with Gasteiger partial charge < -0.3 is 5.32 Å². The van der Waals surface area contributed by atoms with Crippen LogP contribution in [0.3, 0.4) is 0 Å². The van der Waals surface area contributed by atoms with Crippen molar-refractivity contribution in [2.75, 3.05) is 20.6 Å². The molecule has 0 aliphatic carbocycles. The van der Waals surface area contributed by atoms with E-state index in [2.05, 4.69) is 10.4 Å². The molecule has 27 heavy (non-hydrogen) atoms. The topological polar surface area (TPSA) is 67.2 Å². The molecule has 3 aromatic rings. The number of likely N-dealkylation sites (N-methyl/N-ethyl adjacent to an activating group) is 1. The van der Waals surface area contributed by atoms with E-state index in [0.717, 1.165) is 16.5 Å². The molecule has 1 aromatic heterocycles. The largest absolute Gasteiger partial charge is 0.353 e. The summed E-state index contributed by atoms with van der Waals surface area (Å²) >= 11 is 0. The summed E-state index contributed by atoms with van der Waals surface area (Å²) in [6.45, 7) is 2.67. The lowest BCUT2D eigenvalue weighted by Gasteiger charge is -2.24. The fraction of sp³-hybridized carbons (Fsp3) is 0.286. The molecule has 1 atom stereocenters. The summed E-state index contributed by atoms with van der Waals surface area (Å²) in [5.74, 6) is -0.0994. The molecule has 0 saturated carbocycles. The molecule has 1 N–H and O–H groups in total. The minimum atomic E-state index is -0.383. The van der Waals surface area contributed by atoms with Gasteiger partial charge in [0.1, 0.15) is 6.04 Å². The number of nitrogens with one attached hydrogen (secondary N) is 1. The molecule has 3 rings (SSSR count). The zero-order valence-electron chi connectivity index (χ0n) is 15.8. The van der Waals surface area contributed by atoms with Crippen LogP contribution in [-0.4, -0.2) is 41.2 Å². The molecule has 0 aliphatic rings. The lowest BCUT2D eigenvalue weighted by Crippen LogP contribution is -2.39. The van der Waals surface area contributed by atoms with E-state index < -0.39 is 0 Å². The van der Waals surface area contributed by atoms with Crippen LogP contribution in [0.4, 0.5) is 0 Å². The summed E-state index contributed by atoms with van der Waals surface area (Å²) in [6.07, 6.45) is 1.67. The van der Waals surface area contributed by atoms with Crippen LogP contribution in [0.5, 0.6) is 0 Å². The van der Waals surface area contributed by atoms with Crippen molar-refractivity contribution < 1.29 is 4.79 Å². The molecule has 1 heterocycles. The number of aryl methyl sites for hydroxylation is 1. The van der Waals surface area contributed by atoms with Gasteiger partial charge in [0.2, 0.25) is 5.91 Å². The third-order valence-corrected chi connectivity index (χ3v) is 4.54. The van der Waals surface area contributed by atoms with Gasteiger partial charge in [0.05, 0.1) is 18.1 Å². The van der Waals surface area contributed by atoms with Gasteiger partial charge >= 0.3 is 0 Å². The first kappa shape index (κ1) is 18.8. The Labute approximate surface area is 158 Å². The van der Waals surface area contributed by atoms with E-state index in [4.69, 9.17) is 0 Å². The van der Waals surface area contributed by atoms with Gasteiger partial charge in [-0.25, -0.2) is 4.68 Å². The number of aromatic nitrogens is 2. The maximum Gasteiger partial charge on any atom is 0.274 e. The van der Waals surface area contributed by atoms with Gasteiger partial charge in [-0.3, -0.25) is 14.5 Å². The highest BCUT2D eigenvalue weighted by Gasteiger charge is 2.22. The zero-order valence-corrected chi connectivity index (χ0v) is 15.8. The van der Waals surface area contributed by atoms with E-state index in [0.29, 0.717) is 18.5 Å². The first-order valence-corrected chi connectivity index (χ1v) is 8.93. The van der Waals surface area contributed by atoms with Crippen LogP contribution in [0.2, 0.25) is 0 Å². The fourth-order valence-electron chi connectivity index (χ4n) is 3.10. The van der Waals surface area contributed by atoms with E-state index in [1.807, 2.05) is 68.4 Å². The van der Waals surface area contributed by atoms with E-state index >= 15 is 0 Å². The predicted molar refractivity (Wildman–Crippen MR) is 107 cm³/mol. The van der Waals surface area contributed by atoms with Crippen molar-refractivity contribution in [2.24, 2.45) is 0 Å². The van der Waals surface area contributed by atoms with Gasteiger partial charge in [-0.15, -0.1) is 0 Å². The second kappa shape index (κ2) is 8.14. The second-order valence-electron chi connectivity index (χ2n) is 6.83. The first-order chi connectivity index (χ1) is 13.0. The zero-order chi connectivity index (χ0) is 19.4. The molecule has 2 aromatic carbocycles. The van der Waals surface area contributed by atoms with E-state index in [9.17, 15) is 9.59 Å². The third kappa shape index (κ3) is 4.23. The van der Waals surface area contributed by atoms with Crippen LogP contribution in [-0.2, 0) is 11.3 Å². The molecular formula is C21H24N4O2. The average molecular weight is 364 g/mol. The predicted octanol–water partition coefficient (Wildman–Crippen LogP) is 2.12. The Kier molecular flexibility index (Phi) is 5.66. The Morgan fingerprint density at radius 2 is 1.85 bits per heavy atom. The third-order valence-electron chi connectivity index (χ3n) is 4.54. The van der Waals surface area contributed by atoms with E-state index in [1.54, 1.807) is 12.3 Å². The summed E-state index contributed by atoms with van der Waals surface area (Å²) in [6, 6.07) is 14.9. The normalized spacial score (nSPS) is 12.3. The van der Waals surface area contributed by atoms with Gasteiger partial charge in [0.15, 0.2) is 0 Å². The fourth-order valence-corrected chi connectivity index (χ4v) is 3.10. The van der Waals surface area contributed by atoms with Gasteiger partial charge in [-0.2, -0.15) is 5.10 Å². The average Bonchev–Trinajstić information content (AvgIpc) is 2.65. The smallest absolute Gasteiger partial charge is 0.274 e. The Morgan fingerprint density at radius 3 is 2.56 bits per heavy atom. The van der Waals surface area contributed by atoms with Crippen molar-refractivity contribution in [3.05, 3.63) is 76.2 Å². The van der Waals surface area contributed by atoms with Gasteiger partial charge in [-0.05, 0) is 32.6 Å². The Morgan fingerprint density at radius 1 is 1.15 bits per heavy atom. The minimum Gasteiger partial charge on any atom is -0.353 e. The van der Waals surface area contributed by atoms with Crippen molar-refractivity contribution in [2.45, 2.75) is 19.5 Å². The highest BCUT2D eigenvalue weighted by Crippen LogP contribution is 2.18. The Hall–Kier alpha value is -2.99. The number of amides is 1. The number of hydrogen-bond donors (Lipinski definition) is 1. The summed E-state index contributed by atoms with van der Waals surface area (Å²) in [7, 11) is 3.75. The maximum atomic E-state index is 12.7. The molecule has 0 bridgehead atoms. The number of hydrogen-bond acceptors (Lipinski definition) is 4. The molecule has 6 heteroatoms. The number of rotatable bonds is 6. The Bertz CT molecular complexity index is 993. The molecule has 6 nitrogen and oxygen atoms in total. The first-order valence-electron chi connectivity index (χ1n) is 8.93. The van der Waals surface area contributed by atoms with Gasteiger partial charge in [0.25, 0.3) is 5.56 Å². The van der Waals surface area contributed by atoms with Crippen molar-refractivity contribution in [3.63, 3.8) is 0 Å². The monoisotopic (exact) mass is 364 g/mol. The van der Waals surface area contributed by atoms with Crippen LogP contribution < -0.4 is 10.9 Å². The van der Waals surface area contributed by atoms with Crippen LogP contribution in [0.1, 0.15) is 17.2 Å². The lowest BCUT2D eigenvalue weighted by atomic mass is 10.0. The molecule has 0 fully saturated rings. The molecule has 0 unspecified atom stereocenters. The van der Waals surface area contributed by atoms with Gasteiger partial charge in [-0.1, -0.05) is 48.0 Å². The molecule has 140 valence electrons. The number of nitrogens with zero attached hydrogens (tertiary/aromatic N) is 3. The summed E-state index contributed by atoms with van der Waals surface area (Å²) < 4.78 is 1.39. The molecule has 0 spiro atoms. The van der Waals surface area contributed by atoms with Crippen LogP contribution >= 0.6 is 0 Å². The molecule has 0 radical (unpaired) electrons. The van der Waals surface area contributed by atoms with E-state index in [-0.39, 0.29) is 17.5 Å². The van der Waals surface area contributed by atoms with Gasteiger partial charge in [0, 0.05) is 11.9 Å². The number of benzene rings is 2. The summed E-state index contributed by atoms with van der Waals surface area (Å²) in [5.41, 5.74) is 1.94. The SMILES string of the molecule is Cc1ccc([C@H](C(=O)NCCn2ncc3ccccc3c2=O)N(C)C)cc1. The summed E-state index contributed by atoms with van der Waals surface area (Å²) in [4.78, 5) is 27.1. The molecular weight excluding hydrogens is 340 g/mol. The molecule has 0 aliphatic heterocycles. The second-order valence-corrected chi connectivity index (χ2v) is 6.83. The van der Waals surface area contributed by atoms with Crippen molar-refractivity contribution in [1.29, 1.82) is 0 Å². The van der Waals surface area contributed by atoms with Crippen LogP contribution in [0, 0.1) is 6.92 Å². The van der Waals surface area contributed by atoms with E-state index in [1.165, 1.54) is 4.68 Å². The quantitative estimate of drug-likeness (QED) is 0.728. The maximum absolute atomic E-state index is 12.7. The minimum absolute atomic E-state index is 0.0994. The van der Waals surface area contributed by atoms with Crippen LogP contribution in [0.25, 0.3) is 10.8 Å². The highest BCUT2D eigenvalue weighted by molar-refractivity contribution is 5.83. The summed E-state index contributed by atoms with van der Waals surface area (Å²) in [5, 5.41) is 8.56. The number of carbonyl (C=O) groups is 1. The Balaban J connectivity index is 1.68. The van der Waals surface area contributed by atoms with Crippen molar-refractivity contribution in [1.82, 2.24) is 20.0 Å². The lowest BCUT2D eigenvalue weighted by molar-refractivity contribution is -0.125. The van der Waals surface area contributed by atoms with Crippen molar-refractivity contribution in [3.8, 4) is 0 Å². The number of fused-ring (bicyclic) bond motifs is 1.